The Bertz CT molecular complexity index is 649. The molecule has 2 saturated heterocycles. The average molecular weight is 318 g/mol. The van der Waals surface area contributed by atoms with Crippen molar-refractivity contribution in [3.8, 4) is 0 Å². The van der Waals surface area contributed by atoms with E-state index in [1.54, 1.807) is 11.0 Å². The van der Waals surface area contributed by atoms with Crippen LogP contribution in [0.1, 0.15) is 23.2 Å². The molecular formula is C16H22N4O3. The van der Waals surface area contributed by atoms with Crippen LogP contribution in [0, 0.1) is 0 Å². The minimum atomic E-state index is -0.283. The molecule has 1 atom stereocenters. The monoisotopic (exact) mass is 318 g/mol. The standard InChI is InChI=1S/C16H22N4O3/c1-18-6-2-3-13(18)16(23)20-9-7-19(8-10-20)15(22)12-4-5-17-14(21)11-12/h4-5,11,13H,2-3,6-10H2,1H3,(H,17,21). The van der Waals surface area contributed by atoms with Gasteiger partial charge in [0.05, 0.1) is 6.04 Å². The number of likely N-dealkylation sites (tertiary alicyclic amines) is 1. The number of likely N-dealkylation sites (N-methyl/N-ethyl adjacent to an activating group) is 1. The quantitative estimate of drug-likeness (QED) is 0.816. The summed E-state index contributed by atoms with van der Waals surface area (Å²) in [5.74, 6) is 0.0226. The molecule has 3 rings (SSSR count). The molecule has 1 aromatic heterocycles. The zero-order valence-corrected chi connectivity index (χ0v) is 13.3. The maximum absolute atomic E-state index is 12.5. The zero-order valence-electron chi connectivity index (χ0n) is 13.3. The van der Waals surface area contributed by atoms with Crippen molar-refractivity contribution >= 4 is 11.8 Å². The van der Waals surface area contributed by atoms with Gasteiger partial charge in [-0.05, 0) is 32.5 Å². The number of H-pyrrole nitrogens is 1. The van der Waals surface area contributed by atoms with E-state index in [1.807, 2.05) is 11.9 Å². The van der Waals surface area contributed by atoms with Crippen molar-refractivity contribution in [3.63, 3.8) is 0 Å². The van der Waals surface area contributed by atoms with Crippen LogP contribution in [0.5, 0.6) is 0 Å². The molecule has 1 N–H and O–H groups in total. The van der Waals surface area contributed by atoms with Gasteiger partial charge in [0, 0.05) is 44.0 Å². The lowest BCUT2D eigenvalue weighted by atomic mass is 10.1. The third-order valence-corrected chi connectivity index (χ3v) is 4.71. The Morgan fingerprint density at radius 1 is 1.13 bits per heavy atom. The van der Waals surface area contributed by atoms with Crippen LogP contribution >= 0.6 is 0 Å². The van der Waals surface area contributed by atoms with Crippen molar-refractivity contribution in [3.05, 3.63) is 34.2 Å². The number of rotatable bonds is 2. The highest BCUT2D eigenvalue weighted by Gasteiger charge is 2.33. The average Bonchev–Trinajstić information content (AvgIpc) is 3.00. The van der Waals surface area contributed by atoms with Gasteiger partial charge < -0.3 is 14.8 Å². The van der Waals surface area contributed by atoms with Gasteiger partial charge in [0.1, 0.15) is 0 Å². The van der Waals surface area contributed by atoms with Crippen molar-refractivity contribution in [2.75, 3.05) is 39.8 Å². The first kappa shape index (κ1) is 15.7. The number of amides is 2. The van der Waals surface area contributed by atoms with Gasteiger partial charge in [-0.3, -0.25) is 19.3 Å². The maximum Gasteiger partial charge on any atom is 0.254 e. The van der Waals surface area contributed by atoms with Gasteiger partial charge in [0.25, 0.3) is 5.91 Å². The third-order valence-electron chi connectivity index (χ3n) is 4.71. The van der Waals surface area contributed by atoms with Crippen LogP contribution in [0.3, 0.4) is 0 Å². The molecule has 0 saturated carbocycles. The third kappa shape index (κ3) is 3.29. The number of piperazine rings is 1. The lowest BCUT2D eigenvalue weighted by Gasteiger charge is -2.36. The highest BCUT2D eigenvalue weighted by Crippen LogP contribution is 2.18. The van der Waals surface area contributed by atoms with E-state index in [-0.39, 0.29) is 23.4 Å². The number of carbonyl (C=O) groups is 2. The lowest BCUT2D eigenvalue weighted by Crippen LogP contribution is -2.54. The van der Waals surface area contributed by atoms with Crippen LogP contribution < -0.4 is 5.56 Å². The second-order valence-electron chi connectivity index (χ2n) is 6.20. The minimum Gasteiger partial charge on any atom is -0.338 e. The van der Waals surface area contributed by atoms with Crippen LogP contribution in [0.4, 0.5) is 0 Å². The molecular weight excluding hydrogens is 296 g/mol. The zero-order chi connectivity index (χ0) is 16.4. The number of hydrogen-bond donors (Lipinski definition) is 1. The van der Waals surface area contributed by atoms with Crippen molar-refractivity contribution in [2.45, 2.75) is 18.9 Å². The van der Waals surface area contributed by atoms with Crippen molar-refractivity contribution in [1.82, 2.24) is 19.7 Å². The smallest absolute Gasteiger partial charge is 0.254 e. The van der Waals surface area contributed by atoms with Gasteiger partial charge >= 0.3 is 0 Å². The van der Waals surface area contributed by atoms with Crippen molar-refractivity contribution in [1.29, 1.82) is 0 Å². The summed E-state index contributed by atoms with van der Waals surface area (Å²) in [6.45, 7) is 3.09. The summed E-state index contributed by atoms with van der Waals surface area (Å²) >= 11 is 0. The van der Waals surface area contributed by atoms with Gasteiger partial charge in [-0.25, -0.2) is 0 Å². The first-order chi connectivity index (χ1) is 11.1. The molecule has 2 amide bonds. The van der Waals surface area contributed by atoms with E-state index in [0.717, 1.165) is 19.4 Å². The van der Waals surface area contributed by atoms with Crippen LogP contribution in [0.15, 0.2) is 23.1 Å². The van der Waals surface area contributed by atoms with E-state index in [2.05, 4.69) is 9.88 Å². The predicted molar refractivity (Wildman–Crippen MR) is 85.2 cm³/mol. The Balaban J connectivity index is 1.59. The minimum absolute atomic E-state index is 0.00932. The molecule has 1 aromatic rings. The summed E-state index contributed by atoms with van der Waals surface area (Å²) in [7, 11) is 1.99. The van der Waals surface area contributed by atoms with Crippen LogP contribution in [0.25, 0.3) is 0 Å². The molecule has 124 valence electrons. The van der Waals surface area contributed by atoms with E-state index >= 15 is 0 Å². The summed E-state index contributed by atoms with van der Waals surface area (Å²) in [5, 5.41) is 0. The molecule has 0 spiro atoms. The number of carbonyl (C=O) groups excluding carboxylic acids is 2. The molecule has 0 radical (unpaired) electrons. The van der Waals surface area contributed by atoms with Gasteiger partial charge in [0.2, 0.25) is 11.5 Å². The van der Waals surface area contributed by atoms with Gasteiger partial charge in [-0.2, -0.15) is 0 Å². The van der Waals surface area contributed by atoms with Crippen molar-refractivity contribution < 1.29 is 9.59 Å². The van der Waals surface area contributed by atoms with E-state index < -0.39 is 0 Å². The van der Waals surface area contributed by atoms with Gasteiger partial charge in [-0.15, -0.1) is 0 Å². The van der Waals surface area contributed by atoms with Crippen LogP contribution in [-0.4, -0.2) is 77.3 Å². The second kappa shape index (κ2) is 6.54. The maximum atomic E-state index is 12.5. The highest BCUT2D eigenvalue weighted by molar-refractivity contribution is 5.94. The van der Waals surface area contributed by atoms with Crippen molar-refractivity contribution in [2.24, 2.45) is 0 Å². The second-order valence-corrected chi connectivity index (χ2v) is 6.20. The van der Waals surface area contributed by atoms with Gasteiger partial charge in [0.15, 0.2) is 0 Å². The summed E-state index contributed by atoms with van der Waals surface area (Å²) in [6.07, 6.45) is 3.46. The molecule has 3 heterocycles. The fraction of sp³-hybridized carbons (Fsp3) is 0.562. The number of hydrogen-bond acceptors (Lipinski definition) is 4. The molecule has 2 aliphatic heterocycles. The first-order valence-corrected chi connectivity index (χ1v) is 8.03. The molecule has 2 fully saturated rings. The Kier molecular flexibility index (Phi) is 4.47. The van der Waals surface area contributed by atoms with Gasteiger partial charge in [-0.1, -0.05) is 0 Å². The number of aromatic amines is 1. The summed E-state index contributed by atoms with van der Waals surface area (Å²) in [5.41, 5.74) is 0.109. The normalized spacial score (nSPS) is 22.4. The largest absolute Gasteiger partial charge is 0.338 e. The SMILES string of the molecule is CN1CCCC1C(=O)N1CCN(C(=O)c2cc[nH]c(=O)c2)CC1. The number of nitrogens with zero attached hydrogens (tertiary/aromatic N) is 3. The van der Waals surface area contributed by atoms with E-state index in [1.165, 1.54) is 12.3 Å². The Morgan fingerprint density at radius 2 is 1.83 bits per heavy atom. The molecule has 23 heavy (non-hydrogen) atoms. The topological polar surface area (TPSA) is 76.7 Å². The van der Waals surface area contributed by atoms with E-state index in [9.17, 15) is 14.4 Å². The molecule has 7 nitrogen and oxygen atoms in total. The molecule has 0 aliphatic carbocycles. The Labute approximate surface area is 134 Å². The summed E-state index contributed by atoms with van der Waals surface area (Å²) < 4.78 is 0. The van der Waals surface area contributed by atoms with Crippen LogP contribution in [-0.2, 0) is 4.79 Å². The first-order valence-electron chi connectivity index (χ1n) is 8.03. The highest BCUT2D eigenvalue weighted by atomic mass is 16.2. The lowest BCUT2D eigenvalue weighted by molar-refractivity contribution is -0.137. The molecule has 7 heteroatoms. The Hall–Kier alpha value is -2.15. The fourth-order valence-electron chi connectivity index (χ4n) is 3.32. The van der Waals surface area contributed by atoms with E-state index in [4.69, 9.17) is 0 Å². The molecule has 0 aromatic carbocycles. The fourth-order valence-corrected chi connectivity index (χ4v) is 3.32. The summed E-state index contributed by atoms with van der Waals surface area (Å²) in [6, 6.07) is 2.91. The van der Waals surface area contributed by atoms with E-state index in [0.29, 0.717) is 31.7 Å². The summed E-state index contributed by atoms with van der Waals surface area (Å²) in [4.78, 5) is 44.4. The van der Waals surface area contributed by atoms with Crippen LogP contribution in [0.2, 0.25) is 0 Å². The number of pyridine rings is 1. The number of nitrogens with one attached hydrogen (secondary N) is 1. The molecule has 1 unspecified atom stereocenters. The molecule has 0 bridgehead atoms. The number of aromatic nitrogens is 1. The Morgan fingerprint density at radius 3 is 2.43 bits per heavy atom. The predicted octanol–water partition coefficient (Wildman–Crippen LogP) is -0.246. The molecule has 2 aliphatic rings.